The smallest absolute Gasteiger partial charge is 0.00115 e. The predicted molar refractivity (Wildman–Crippen MR) is 39.0 cm³/mol. The molecule has 1 unspecified atom stereocenters. The van der Waals surface area contributed by atoms with Gasteiger partial charge in [0.05, 0.1) is 0 Å². The molecule has 0 aromatic heterocycles. The third-order valence-corrected chi connectivity index (χ3v) is 2.60. The maximum atomic E-state index is 2.48. The van der Waals surface area contributed by atoms with Crippen molar-refractivity contribution in [2.75, 3.05) is 0 Å². The lowest BCUT2D eigenvalue weighted by molar-refractivity contribution is 0.695. The van der Waals surface area contributed by atoms with E-state index in [-0.39, 0.29) is 0 Å². The lowest BCUT2D eigenvalue weighted by Crippen LogP contribution is -1.92. The second-order valence-corrected chi connectivity index (χ2v) is 3.15. The highest BCUT2D eigenvalue weighted by Crippen LogP contribution is 2.46. The van der Waals surface area contributed by atoms with Crippen LogP contribution in [0.25, 0.3) is 0 Å². The molecule has 0 nitrogen and oxygen atoms in total. The first-order valence-corrected chi connectivity index (χ1v) is 3.96. The molecule has 49 valence electrons. The van der Waals surface area contributed by atoms with Crippen LogP contribution in [0.4, 0.5) is 0 Å². The molecule has 0 saturated heterocycles. The van der Waals surface area contributed by atoms with Crippen LogP contribution in [-0.4, -0.2) is 0 Å². The molecular weight excluding hydrogens is 108 g/mol. The van der Waals surface area contributed by atoms with Crippen LogP contribution in [0.1, 0.15) is 32.6 Å². The summed E-state index contributed by atoms with van der Waals surface area (Å²) in [6.45, 7) is 2.26. The molecule has 9 heavy (non-hydrogen) atoms. The van der Waals surface area contributed by atoms with Crippen LogP contribution < -0.4 is 0 Å². The summed E-state index contributed by atoms with van der Waals surface area (Å²) in [6, 6.07) is 0. The summed E-state index contributed by atoms with van der Waals surface area (Å²) in [5.41, 5.74) is 1.67. The Bertz CT molecular complexity index is 144. The molecule has 1 radical (unpaired) electrons. The van der Waals surface area contributed by atoms with Crippen molar-refractivity contribution in [3.63, 3.8) is 0 Å². The zero-order valence-corrected chi connectivity index (χ0v) is 5.98. The molecular formula is C9H13. The van der Waals surface area contributed by atoms with Crippen LogP contribution in [0.3, 0.4) is 0 Å². The maximum absolute atomic E-state index is 2.48. The number of allylic oxidation sites excluding steroid dienone is 2. The lowest BCUT2D eigenvalue weighted by atomic mass is 9.97. The van der Waals surface area contributed by atoms with E-state index in [2.05, 4.69) is 13.0 Å². The number of hydrogen-bond acceptors (Lipinski definition) is 0. The van der Waals surface area contributed by atoms with Crippen molar-refractivity contribution < 1.29 is 0 Å². The average molecular weight is 121 g/mol. The van der Waals surface area contributed by atoms with Gasteiger partial charge in [-0.3, -0.25) is 0 Å². The van der Waals surface area contributed by atoms with Gasteiger partial charge in [-0.05, 0) is 31.6 Å². The monoisotopic (exact) mass is 121 g/mol. The molecule has 0 N–H and O–H groups in total. The molecule has 2 bridgehead atoms. The highest BCUT2D eigenvalue weighted by atomic mass is 14.4. The Kier molecular flexibility index (Phi) is 1.14. The van der Waals surface area contributed by atoms with Crippen molar-refractivity contribution in [1.82, 2.24) is 0 Å². The molecule has 1 fully saturated rings. The first-order chi connectivity index (χ1) is 4.40. The second kappa shape index (κ2) is 1.86. The van der Waals surface area contributed by atoms with E-state index in [0.717, 1.165) is 5.92 Å². The van der Waals surface area contributed by atoms with Crippen LogP contribution in [-0.2, 0) is 0 Å². The van der Waals surface area contributed by atoms with Crippen molar-refractivity contribution in [2.24, 2.45) is 5.92 Å². The molecule has 2 aliphatic carbocycles. The van der Waals surface area contributed by atoms with E-state index in [9.17, 15) is 0 Å². The Hall–Kier alpha value is -0.260. The van der Waals surface area contributed by atoms with Gasteiger partial charge in [-0.1, -0.05) is 18.6 Å². The second-order valence-electron chi connectivity index (χ2n) is 3.15. The van der Waals surface area contributed by atoms with Gasteiger partial charge in [0.1, 0.15) is 0 Å². The van der Waals surface area contributed by atoms with Crippen molar-refractivity contribution in [3.8, 4) is 0 Å². The first-order valence-electron chi connectivity index (χ1n) is 3.96. The minimum absolute atomic E-state index is 0.954. The van der Waals surface area contributed by atoms with E-state index in [1.54, 1.807) is 11.5 Å². The van der Waals surface area contributed by atoms with E-state index in [0.29, 0.717) is 0 Å². The van der Waals surface area contributed by atoms with E-state index < -0.39 is 0 Å². The Morgan fingerprint density at radius 2 is 2.56 bits per heavy atom. The number of rotatable bonds is 1. The third kappa shape index (κ3) is 0.726. The summed E-state index contributed by atoms with van der Waals surface area (Å²) < 4.78 is 0. The molecule has 1 atom stereocenters. The number of hydrogen-bond donors (Lipinski definition) is 0. The van der Waals surface area contributed by atoms with Crippen molar-refractivity contribution in [3.05, 3.63) is 17.6 Å². The predicted octanol–water partition coefficient (Wildman–Crippen LogP) is 2.71. The molecule has 0 amide bonds. The summed E-state index contributed by atoms with van der Waals surface area (Å²) in [7, 11) is 0. The van der Waals surface area contributed by atoms with Gasteiger partial charge in [0, 0.05) is 5.92 Å². The summed E-state index contributed by atoms with van der Waals surface area (Å²) in [4.78, 5) is 0. The molecule has 2 aliphatic rings. The van der Waals surface area contributed by atoms with Gasteiger partial charge in [-0.15, -0.1) is 0 Å². The molecule has 1 saturated carbocycles. The van der Waals surface area contributed by atoms with Gasteiger partial charge in [-0.25, -0.2) is 0 Å². The van der Waals surface area contributed by atoms with Crippen LogP contribution in [0.5, 0.6) is 0 Å². The van der Waals surface area contributed by atoms with Crippen molar-refractivity contribution >= 4 is 0 Å². The van der Waals surface area contributed by atoms with Crippen molar-refractivity contribution in [2.45, 2.75) is 32.6 Å². The highest BCUT2D eigenvalue weighted by molar-refractivity contribution is 5.34. The van der Waals surface area contributed by atoms with E-state index >= 15 is 0 Å². The van der Waals surface area contributed by atoms with E-state index in [4.69, 9.17) is 0 Å². The highest BCUT2D eigenvalue weighted by Gasteiger charge is 2.31. The number of fused-ring (bicyclic) bond motifs is 2. The van der Waals surface area contributed by atoms with E-state index in [1.807, 2.05) is 0 Å². The SMILES string of the molecule is CCC1=CC2CC[C]1C2. The lowest BCUT2D eigenvalue weighted by Gasteiger charge is -2.08. The third-order valence-electron chi connectivity index (χ3n) is 2.60. The minimum Gasteiger partial charge on any atom is -0.0816 e. The standard InChI is InChI=1S/C9H13/c1-2-8-5-7-3-4-9(8)6-7/h5,7H,2-4,6H2,1H3. The fraction of sp³-hybridized carbons (Fsp3) is 0.667. The Labute approximate surface area is 57.0 Å². The molecule has 0 aromatic carbocycles. The molecule has 0 aliphatic heterocycles. The normalized spacial score (nSPS) is 33.4. The Morgan fingerprint density at radius 3 is 2.89 bits per heavy atom. The van der Waals surface area contributed by atoms with Crippen LogP contribution in [0.15, 0.2) is 11.6 Å². The quantitative estimate of drug-likeness (QED) is 0.500. The summed E-state index contributed by atoms with van der Waals surface area (Å²) in [6.07, 6.45) is 8.01. The molecule has 0 aromatic rings. The fourth-order valence-corrected chi connectivity index (χ4v) is 2.08. The first kappa shape index (κ1) is 5.52. The van der Waals surface area contributed by atoms with Gasteiger partial charge in [0.25, 0.3) is 0 Å². The van der Waals surface area contributed by atoms with Crippen molar-refractivity contribution in [1.29, 1.82) is 0 Å². The Balaban J connectivity index is 2.18. The summed E-state index contributed by atoms with van der Waals surface area (Å²) in [5.74, 6) is 2.72. The molecule has 0 heteroatoms. The van der Waals surface area contributed by atoms with Gasteiger partial charge < -0.3 is 0 Å². The minimum atomic E-state index is 0.954. The van der Waals surface area contributed by atoms with Crippen LogP contribution >= 0.6 is 0 Å². The molecule has 0 heterocycles. The zero-order valence-electron chi connectivity index (χ0n) is 5.98. The summed E-state index contributed by atoms with van der Waals surface area (Å²) >= 11 is 0. The van der Waals surface area contributed by atoms with Crippen LogP contribution in [0.2, 0.25) is 0 Å². The van der Waals surface area contributed by atoms with Gasteiger partial charge in [0.2, 0.25) is 0 Å². The summed E-state index contributed by atoms with van der Waals surface area (Å²) in [5, 5.41) is 0. The fourth-order valence-electron chi connectivity index (χ4n) is 2.08. The molecule has 0 spiro atoms. The zero-order chi connectivity index (χ0) is 6.27. The molecule has 2 rings (SSSR count). The maximum Gasteiger partial charge on any atom is 0.00115 e. The van der Waals surface area contributed by atoms with Crippen LogP contribution in [0, 0.1) is 11.8 Å². The largest absolute Gasteiger partial charge is 0.0816 e. The topological polar surface area (TPSA) is 0 Å². The Morgan fingerprint density at radius 1 is 1.67 bits per heavy atom. The van der Waals surface area contributed by atoms with Gasteiger partial charge in [-0.2, -0.15) is 0 Å². The van der Waals surface area contributed by atoms with Gasteiger partial charge in [0.15, 0.2) is 0 Å². The van der Waals surface area contributed by atoms with E-state index in [1.165, 1.54) is 25.7 Å². The average Bonchev–Trinajstić information content (AvgIpc) is 2.45. The van der Waals surface area contributed by atoms with Gasteiger partial charge >= 0.3 is 0 Å².